The minimum atomic E-state index is -0.296. The fourth-order valence-electron chi connectivity index (χ4n) is 2.93. The SMILES string of the molecule is CC(=O)N1CCCc2cc(NC(=O)COc3ccc(Cl)cc3Cl)ccc21. The van der Waals surface area contributed by atoms with E-state index in [0.29, 0.717) is 21.5 Å². The summed E-state index contributed by atoms with van der Waals surface area (Å²) in [6.07, 6.45) is 1.78. The Kier molecular flexibility index (Phi) is 5.69. The van der Waals surface area contributed by atoms with Crippen LogP contribution in [-0.4, -0.2) is 25.0 Å². The van der Waals surface area contributed by atoms with E-state index in [1.165, 1.54) is 0 Å². The van der Waals surface area contributed by atoms with Crippen LogP contribution < -0.4 is 15.0 Å². The molecule has 0 saturated heterocycles. The lowest BCUT2D eigenvalue weighted by molar-refractivity contribution is -0.118. The predicted molar refractivity (Wildman–Crippen MR) is 103 cm³/mol. The van der Waals surface area contributed by atoms with Crippen LogP contribution in [0.5, 0.6) is 5.75 Å². The van der Waals surface area contributed by atoms with Crippen molar-refractivity contribution >= 4 is 46.4 Å². The average Bonchev–Trinajstić information content (AvgIpc) is 2.60. The van der Waals surface area contributed by atoms with Crippen LogP contribution in [0, 0.1) is 0 Å². The third-order valence-electron chi connectivity index (χ3n) is 4.11. The van der Waals surface area contributed by atoms with E-state index in [0.717, 1.165) is 30.6 Å². The van der Waals surface area contributed by atoms with Crippen LogP contribution in [0.15, 0.2) is 36.4 Å². The van der Waals surface area contributed by atoms with Crippen LogP contribution >= 0.6 is 23.2 Å². The number of benzene rings is 2. The summed E-state index contributed by atoms with van der Waals surface area (Å²) in [5.41, 5.74) is 2.63. The minimum Gasteiger partial charge on any atom is -0.482 e. The number of amides is 2. The van der Waals surface area contributed by atoms with Gasteiger partial charge in [0.1, 0.15) is 5.75 Å². The molecule has 1 heterocycles. The van der Waals surface area contributed by atoms with Gasteiger partial charge in [-0.05, 0) is 54.8 Å². The Hall–Kier alpha value is -2.24. The van der Waals surface area contributed by atoms with Gasteiger partial charge >= 0.3 is 0 Å². The molecule has 1 N–H and O–H groups in total. The summed E-state index contributed by atoms with van der Waals surface area (Å²) in [6.45, 7) is 2.12. The smallest absolute Gasteiger partial charge is 0.262 e. The summed E-state index contributed by atoms with van der Waals surface area (Å²) in [5, 5.41) is 3.65. The number of hydrogen-bond acceptors (Lipinski definition) is 3. The molecule has 0 spiro atoms. The molecule has 2 aromatic carbocycles. The predicted octanol–water partition coefficient (Wildman–Crippen LogP) is 4.31. The molecule has 1 aliphatic rings. The van der Waals surface area contributed by atoms with Crippen molar-refractivity contribution in [3.05, 3.63) is 52.0 Å². The lowest BCUT2D eigenvalue weighted by atomic mass is 10.0. The Morgan fingerprint density at radius 1 is 1.19 bits per heavy atom. The van der Waals surface area contributed by atoms with E-state index in [4.69, 9.17) is 27.9 Å². The third kappa shape index (κ3) is 4.29. The number of fused-ring (bicyclic) bond motifs is 1. The Labute approximate surface area is 161 Å². The third-order valence-corrected chi connectivity index (χ3v) is 4.65. The van der Waals surface area contributed by atoms with Crippen molar-refractivity contribution in [3.8, 4) is 5.75 Å². The minimum absolute atomic E-state index is 0.0241. The van der Waals surface area contributed by atoms with Gasteiger partial charge in [0.15, 0.2) is 6.61 Å². The van der Waals surface area contributed by atoms with Crippen molar-refractivity contribution < 1.29 is 14.3 Å². The Bertz CT molecular complexity index is 855. The molecule has 1 aliphatic heterocycles. The Morgan fingerprint density at radius 3 is 2.73 bits per heavy atom. The van der Waals surface area contributed by atoms with Crippen molar-refractivity contribution in [2.75, 3.05) is 23.4 Å². The monoisotopic (exact) mass is 392 g/mol. The van der Waals surface area contributed by atoms with Gasteiger partial charge in [-0.1, -0.05) is 23.2 Å². The quantitative estimate of drug-likeness (QED) is 0.842. The molecule has 0 aromatic heterocycles. The van der Waals surface area contributed by atoms with E-state index in [9.17, 15) is 9.59 Å². The largest absolute Gasteiger partial charge is 0.482 e. The van der Waals surface area contributed by atoms with Gasteiger partial charge < -0.3 is 15.0 Å². The van der Waals surface area contributed by atoms with Gasteiger partial charge in [0.2, 0.25) is 5.91 Å². The maximum atomic E-state index is 12.1. The number of ether oxygens (including phenoxy) is 1. The molecule has 0 unspecified atom stereocenters. The zero-order chi connectivity index (χ0) is 18.7. The molecular formula is C19H18Cl2N2O3. The van der Waals surface area contributed by atoms with Crippen LogP contribution in [0.2, 0.25) is 10.0 Å². The van der Waals surface area contributed by atoms with E-state index in [-0.39, 0.29) is 18.4 Å². The second kappa shape index (κ2) is 7.98. The Morgan fingerprint density at radius 2 is 2.00 bits per heavy atom. The zero-order valence-electron chi connectivity index (χ0n) is 14.2. The topological polar surface area (TPSA) is 58.6 Å². The molecule has 0 saturated carbocycles. The maximum Gasteiger partial charge on any atom is 0.262 e. The molecule has 7 heteroatoms. The number of carbonyl (C=O) groups is 2. The molecule has 0 aliphatic carbocycles. The number of halogens is 2. The highest BCUT2D eigenvalue weighted by atomic mass is 35.5. The highest BCUT2D eigenvalue weighted by molar-refractivity contribution is 6.35. The second-order valence-corrected chi connectivity index (χ2v) is 6.87. The molecule has 0 radical (unpaired) electrons. The zero-order valence-corrected chi connectivity index (χ0v) is 15.7. The van der Waals surface area contributed by atoms with Crippen molar-refractivity contribution in [1.29, 1.82) is 0 Å². The first-order valence-electron chi connectivity index (χ1n) is 8.23. The first kappa shape index (κ1) is 18.5. The van der Waals surface area contributed by atoms with Gasteiger partial charge in [-0.3, -0.25) is 9.59 Å². The summed E-state index contributed by atoms with van der Waals surface area (Å²) in [4.78, 5) is 25.6. The van der Waals surface area contributed by atoms with Gasteiger partial charge in [0.05, 0.1) is 5.02 Å². The van der Waals surface area contributed by atoms with Crippen molar-refractivity contribution in [2.45, 2.75) is 19.8 Å². The molecule has 26 heavy (non-hydrogen) atoms. The van der Waals surface area contributed by atoms with Crippen molar-refractivity contribution in [2.24, 2.45) is 0 Å². The summed E-state index contributed by atoms with van der Waals surface area (Å²) in [6, 6.07) is 10.4. The summed E-state index contributed by atoms with van der Waals surface area (Å²) < 4.78 is 5.43. The van der Waals surface area contributed by atoms with E-state index in [1.807, 2.05) is 12.1 Å². The van der Waals surface area contributed by atoms with Crippen LogP contribution in [0.4, 0.5) is 11.4 Å². The molecule has 0 fully saturated rings. The Balaban J connectivity index is 1.63. The summed E-state index contributed by atoms with van der Waals surface area (Å²) in [7, 11) is 0. The molecule has 0 atom stereocenters. The van der Waals surface area contributed by atoms with Gasteiger partial charge in [-0.15, -0.1) is 0 Å². The first-order chi connectivity index (χ1) is 12.4. The van der Waals surface area contributed by atoms with Crippen molar-refractivity contribution in [1.82, 2.24) is 0 Å². The fourth-order valence-corrected chi connectivity index (χ4v) is 3.40. The molecule has 0 bridgehead atoms. The summed E-state index contributed by atoms with van der Waals surface area (Å²) in [5.74, 6) is 0.125. The molecule has 2 amide bonds. The number of nitrogens with one attached hydrogen (secondary N) is 1. The summed E-state index contributed by atoms with van der Waals surface area (Å²) >= 11 is 11.8. The molecule has 3 rings (SSSR count). The van der Waals surface area contributed by atoms with Crippen LogP contribution in [0.25, 0.3) is 0 Å². The van der Waals surface area contributed by atoms with Gasteiger partial charge in [-0.25, -0.2) is 0 Å². The van der Waals surface area contributed by atoms with E-state index in [1.54, 1.807) is 36.1 Å². The van der Waals surface area contributed by atoms with Gasteiger partial charge in [0, 0.05) is 29.9 Å². The highest BCUT2D eigenvalue weighted by Crippen LogP contribution is 2.30. The van der Waals surface area contributed by atoms with E-state index in [2.05, 4.69) is 5.32 Å². The highest BCUT2D eigenvalue weighted by Gasteiger charge is 2.20. The van der Waals surface area contributed by atoms with Crippen LogP contribution in [0.1, 0.15) is 18.9 Å². The number of rotatable bonds is 4. The second-order valence-electron chi connectivity index (χ2n) is 6.03. The van der Waals surface area contributed by atoms with E-state index < -0.39 is 0 Å². The average molecular weight is 393 g/mol. The standard InChI is InChI=1S/C19H18Cl2N2O3/c1-12(24)23-8-2-3-13-9-15(5-6-17(13)23)22-19(25)11-26-18-7-4-14(20)10-16(18)21/h4-7,9-10H,2-3,8,11H2,1H3,(H,22,25). The normalized spacial score (nSPS) is 13.1. The van der Waals surface area contributed by atoms with E-state index >= 15 is 0 Å². The fraction of sp³-hybridized carbons (Fsp3) is 0.263. The molecule has 136 valence electrons. The molecular weight excluding hydrogens is 375 g/mol. The number of carbonyl (C=O) groups excluding carboxylic acids is 2. The number of hydrogen-bond donors (Lipinski definition) is 1. The lowest BCUT2D eigenvalue weighted by Crippen LogP contribution is -2.33. The molecule has 2 aromatic rings. The lowest BCUT2D eigenvalue weighted by Gasteiger charge is -2.29. The maximum absolute atomic E-state index is 12.1. The van der Waals surface area contributed by atoms with Gasteiger partial charge in [0.25, 0.3) is 5.91 Å². The number of anilines is 2. The van der Waals surface area contributed by atoms with Crippen molar-refractivity contribution in [3.63, 3.8) is 0 Å². The molecule has 5 nitrogen and oxygen atoms in total. The number of aryl methyl sites for hydroxylation is 1. The van der Waals surface area contributed by atoms with Crippen LogP contribution in [-0.2, 0) is 16.0 Å². The number of nitrogens with zero attached hydrogens (tertiary/aromatic N) is 1. The van der Waals surface area contributed by atoms with Gasteiger partial charge in [-0.2, -0.15) is 0 Å². The first-order valence-corrected chi connectivity index (χ1v) is 8.98. The van der Waals surface area contributed by atoms with Crippen LogP contribution in [0.3, 0.4) is 0 Å².